The molecule has 0 radical (unpaired) electrons. The summed E-state index contributed by atoms with van der Waals surface area (Å²) in [5.41, 5.74) is 4.30. The topological polar surface area (TPSA) is 92.3 Å². The number of benzene rings is 3. The Kier molecular flexibility index (Phi) is 7.23. The van der Waals surface area contributed by atoms with Crippen molar-refractivity contribution in [2.45, 2.75) is 28.4 Å². The Morgan fingerprint density at radius 1 is 1.03 bits per heavy atom. The molecule has 0 aliphatic carbocycles. The van der Waals surface area contributed by atoms with Gasteiger partial charge in [0.2, 0.25) is 5.91 Å². The number of thioether (sulfide) groups is 2. The second-order valence-corrected chi connectivity index (χ2v) is 12.1. The zero-order valence-electron chi connectivity index (χ0n) is 20.2. The van der Waals surface area contributed by atoms with E-state index < -0.39 is 10.0 Å². The van der Waals surface area contributed by atoms with Crippen molar-refractivity contribution in [1.29, 1.82) is 0 Å². The van der Waals surface area contributed by atoms with Gasteiger partial charge < -0.3 is 5.32 Å². The quantitative estimate of drug-likeness (QED) is 0.237. The van der Waals surface area contributed by atoms with Crippen LogP contribution in [0.2, 0.25) is 0 Å². The van der Waals surface area contributed by atoms with Crippen LogP contribution in [-0.4, -0.2) is 36.3 Å². The fraction of sp³-hybridized carbons (Fsp3) is 0.148. The van der Waals surface area contributed by atoms with E-state index in [0.29, 0.717) is 22.1 Å². The highest BCUT2D eigenvalue weighted by Gasteiger charge is 2.36. The summed E-state index contributed by atoms with van der Waals surface area (Å²) in [6.07, 6.45) is 3.32. The van der Waals surface area contributed by atoms with Crippen molar-refractivity contribution in [3.05, 3.63) is 90.1 Å². The van der Waals surface area contributed by atoms with Crippen LogP contribution in [0, 0.1) is 6.92 Å². The largest absolute Gasteiger partial charge is 0.325 e. The van der Waals surface area contributed by atoms with Gasteiger partial charge in [0.05, 0.1) is 29.9 Å². The zero-order chi connectivity index (χ0) is 26.0. The van der Waals surface area contributed by atoms with Gasteiger partial charge in [0.15, 0.2) is 5.16 Å². The van der Waals surface area contributed by atoms with E-state index in [1.165, 1.54) is 10.5 Å². The Hall–Kier alpha value is -3.34. The van der Waals surface area contributed by atoms with Gasteiger partial charge in [0, 0.05) is 16.1 Å². The molecule has 1 aromatic heterocycles. The number of rotatable bonds is 7. The number of fused-ring (bicyclic) bond motifs is 3. The monoisotopic (exact) mass is 548 g/mol. The van der Waals surface area contributed by atoms with E-state index in [9.17, 15) is 13.2 Å². The number of aromatic nitrogens is 2. The van der Waals surface area contributed by atoms with Crippen molar-refractivity contribution in [3.63, 3.8) is 0 Å². The lowest BCUT2D eigenvalue weighted by Gasteiger charge is -2.31. The van der Waals surface area contributed by atoms with Gasteiger partial charge in [-0.2, -0.15) is 0 Å². The number of sulfonamides is 1. The summed E-state index contributed by atoms with van der Waals surface area (Å²) in [6.45, 7) is 2.18. The van der Waals surface area contributed by atoms with Crippen molar-refractivity contribution >= 4 is 50.8 Å². The molecule has 4 aromatic rings. The number of carbonyl (C=O) groups excluding carboxylic acids is 1. The molecule has 7 nitrogen and oxygen atoms in total. The molecule has 0 fully saturated rings. The first kappa shape index (κ1) is 25.3. The van der Waals surface area contributed by atoms with Crippen molar-refractivity contribution < 1.29 is 13.2 Å². The highest BCUT2D eigenvalue weighted by Crippen LogP contribution is 2.42. The van der Waals surface area contributed by atoms with Crippen molar-refractivity contribution in [2.75, 3.05) is 21.6 Å². The summed E-state index contributed by atoms with van der Waals surface area (Å²) in [4.78, 5) is 22.5. The fourth-order valence-electron chi connectivity index (χ4n) is 4.12. The molecule has 0 unspecified atom stereocenters. The van der Waals surface area contributed by atoms with Crippen LogP contribution >= 0.6 is 23.5 Å². The van der Waals surface area contributed by atoms with E-state index in [4.69, 9.17) is 0 Å². The number of carbonyl (C=O) groups is 1. The van der Waals surface area contributed by atoms with Crippen molar-refractivity contribution in [1.82, 2.24) is 9.97 Å². The predicted molar refractivity (Wildman–Crippen MR) is 150 cm³/mol. The normalized spacial score (nSPS) is 13.5. The SMILES string of the molecule is CSc1cccc(NC(=O)CSc2ncc3c(n2)-c2ccccc2N(Cc2cccc(C)c2)S3(=O)=O)c1. The minimum Gasteiger partial charge on any atom is -0.325 e. The van der Waals surface area contributed by atoms with Crippen molar-refractivity contribution in [3.8, 4) is 11.3 Å². The average Bonchev–Trinajstić information content (AvgIpc) is 2.90. The van der Waals surface area contributed by atoms with Gasteiger partial charge in [-0.3, -0.25) is 9.10 Å². The number of amides is 1. The lowest BCUT2D eigenvalue weighted by Crippen LogP contribution is -2.34. The van der Waals surface area contributed by atoms with Gasteiger partial charge >= 0.3 is 0 Å². The lowest BCUT2D eigenvalue weighted by molar-refractivity contribution is -0.113. The maximum Gasteiger partial charge on any atom is 0.268 e. The Morgan fingerprint density at radius 3 is 2.65 bits per heavy atom. The average molecular weight is 549 g/mol. The van der Waals surface area contributed by atoms with Crippen molar-refractivity contribution in [2.24, 2.45) is 0 Å². The smallest absolute Gasteiger partial charge is 0.268 e. The summed E-state index contributed by atoms with van der Waals surface area (Å²) in [5, 5.41) is 3.22. The number of hydrogen-bond donors (Lipinski definition) is 1. The number of aryl methyl sites for hydroxylation is 1. The summed E-state index contributed by atoms with van der Waals surface area (Å²) in [5.74, 6) is -0.0992. The predicted octanol–water partition coefficient (Wildman–Crippen LogP) is 5.61. The van der Waals surface area contributed by atoms with Crippen LogP contribution in [0.1, 0.15) is 11.1 Å². The molecule has 3 aromatic carbocycles. The third-order valence-electron chi connectivity index (χ3n) is 5.82. The minimum absolute atomic E-state index is 0.0570. The molecule has 2 heterocycles. The molecule has 0 atom stereocenters. The maximum absolute atomic E-state index is 13.7. The van der Waals surface area contributed by atoms with E-state index in [1.54, 1.807) is 17.8 Å². The van der Waals surface area contributed by atoms with E-state index >= 15 is 0 Å². The second kappa shape index (κ2) is 10.6. The molecule has 10 heteroatoms. The molecule has 1 aliphatic rings. The van der Waals surface area contributed by atoms with Crippen LogP contribution in [-0.2, 0) is 21.4 Å². The van der Waals surface area contributed by atoms with Crippen LogP contribution in [0.5, 0.6) is 0 Å². The first-order chi connectivity index (χ1) is 17.8. The van der Waals surface area contributed by atoms with Crippen LogP contribution in [0.3, 0.4) is 0 Å². The molecular formula is C27H24N4O3S3. The molecule has 0 saturated carbocycles. The minimum atomic E-state index is -3.88. The molecule has 0 spiro atoms. The number of para-hydroxylation sites is 1. The Bertz CT molecular complexity index is 1590. The molecule has 1 N–H and O–H groups in total. The Morgan fingerprint density at radius 2 is 1.84 bits per heavy atom. The van der Waals surface area contributed by atoms with Crippen LogP contribution < -0.4 is 9.62 Å². The summed E-state index contributed by atoms with van der Waals surface area (Å²) in [6, 6.07) is 22.7. The molecular weight excluding hydrogens is 525 g/mol. The van der Waals surface area contributed by atoms with E-state index in [2.05, 4.69) is 15.3 Å². The summed E-state index contributed by atoms with van der Waals surface area (Å²) >= 11 is 2.76. The molecule has 5 rings (SSSR count). The highest BCUT2D eigenvalue weighted by atomic mass is 32.2. The van der Waals surface area contributed by atoms with Gasteiger partial charge in [0.25, 0.3) is 10.0 Å². The lowest BCUT2D eigenvalue weighted by atomic mass is 10.1. The second-order valence-electron chi connectivity index (χ2n) is 8.45. The maximum atomic E-state index is 13.7. The first-order valence-electron chi connectivity index (χ1n) is 11.5. The number of nitrogens with one attached hydrogen (secondary N) is 1. The first-order valence-corrected chi connectivity index (χ1v) is 15.1. The number of hydrogen-bond acceptors (Lipinski definition) is 7. The van der Waals surface area contributed by atoms with Crippen LogP contribution in [0.15, 0.2) is 93.9 Å². The number of nitrogens with zero attached hydrogens (tertiary/aromatic N) is 3. The van der Waals surface area contributed by atoms with Gasteiger partial charge in [-0.1, -0.05) is 65.9 Å². The van der Waals surface area contributed by atoms with E-state index in [0.717, 1.165) is 33.5 Å². The third kappa shape index (κ3) is 5.36. The van der Waals surface area contributed by atoms with Gasteiger partial charge in [0.1, 0.15) is 4.90 Å². The standard InChI is InChI=1S/C27H24N4O3S3/c1-18-7-5-8-19(13-18)16-31-23-12-4-3-11-22(23)26-24(37(31,33)34)15-28-27(30-26)36-17-25(32)29-20-9-6-10-21(14-20)35-2/h3-15H,16-17H2,1-2H3,(H,29,32). The van der Waals surface area contributed by atoms with Crippen LogP contribution in [0.4, 0.5) is 11.4 Å². The molecule has 188 valence electrons. The fourth-order valence-corrected chi connectivity index (χ4v) is 6.76. The van der Waals surface area contributed by atoms with E-state index in [1.807, 2.05) is 79.9 Å². The molecule has 1 aliphatic heterocycles. The van der Waals surface area contributed by atoms with Gasteiger partial charge in [-0.05, 0) is 43.0 Å². The molecule has 0 saturated heterocycles. The molecule has 37 heavy (non-hydrogen) atoms. The summed E-state index contributed by atoms with van der Waals surface area (Å²) < 4.78 is 28.7. The molecule has 1 amide bonds. The Balaban J connectivity index is 1.39. The van der Waals surface area contributed by atoms with Gasteiger partial charge in [-0.25, -0.2) is 18.4 Å². The van der Waals surface area contributed by atoms with Gasteiger partial charge in [-0.15, -0.1) is 11.8 Å². The van der Waals surface area contributed by atoms with E-state index in [-0.39, 0.29) is 23.1 Å². The highest BCUT2D eigenvalue weighted by molar-refractivity contribution is 7.99. The third-order valence-corrected chi connectivity index (χ3v) is 9.17. The summed E-state index contributed by atoms with van der Waals surface area (Å²) in [7, 11) is -3.88. The zero-order valence-corrected chi connectivity index (χ0v) is 22.7. The van der Waals surface area contributed by atoms with Crippen LogP contribution in [0.25, 0.3) is 11.3 Å². The number of anilines is 2. The Labute approximate surface area is 224 Å². The molecule has 0 bridgehead atoms.